The molecule has 3 rings (SSSR count). The molecule has 0 aromatic heterocycles. The van der Waals surface area contributed by atoms with Crippen molar-refractivity contribution in [2.24, 2.45) is 5.92 Å². The predicted molar refractivity (Wildman–Crippen MR) is 111 cm³/mol. The Morgan fingerprint density at radius 2 is 1.93 bits per heavy atom. The zero-order valence-electron chi connectivity index (χ0n) is 16.9. The molecule has 0 saturated heterocycles. The number of rotatable bonds is 8. The zero-order valence-corrected chi connectivity index (χ0v) is 17.8. The second-order valence-electron chi connectivity index (χ2n) is 8.29. The molecule has 30 heavy (non-hydrogen) atoms. The van der Waals surface area contributed by atoms with Crippen molar-refractivity contribution >= 4 is 21.8 Å². The van der Waals surface area contributed by atoms with E-state index in [0.717, 1.165) is 17.8 Å². The molecule has 0 radical (unpaired) electrons. The van der Waals surface area contributed by atoms with E-state index < -0.39 is 33.5 Å². The number of hydrogen-bond donors (Lipinski definition) is 4. The number of benzene rings is 1. The van der Waals surface area contributed by atoms with E-state index in [0.29, 0.717) is 24.9 Å². The highest BCUT2D eigenvalue weighted by atomic mass is 32.2. The fourth-order valence-corrected chi connectivity index (χ4v) is 4.59. The lowest BCUT2D eigenvalue weighted by atomic mass is 9.80. The summed E-state index contributed by atoms with van der Waals surface area (Å²) in [5.74, 6) is -1.28. The topological polar surface area (TPSA) is 135 Å². The van der Waals surface area contributed by atoms with Gasteiger partial charge in [-0.25, -0.2) is 0 Å². The van der Waals surface area contributed by atoms with Crippen LogP contribution in [-0.2, 0) is 20.3 Å². The molecule has 0 saturated carbocycles. The third-order valence-electron chi connectivity index (χ3n) is 5.82. The van der Waals surface area contributed by atoms with E-state index in [1.165, 1.54) is 18.2 Å². The van der Waals surface area contributed by atoms with Crippen LogP contribution in [0.1, 0.15) is 45.1 Å². The number of fused-ring (bicyclic) bond motifs is 1. The van der Waals surface area contributed by atoms with Gasteiger partial charge in [0.1, 0.15) is 5.76 Å². The van der Waals surface area contributed by atoms with Crippen molar-refractivity contribution in [1.29, 1.82) is 0 Å². The molecule has 4 N–H and O–H groups in total. The number of aliphatic hydroxyl groups is 2. The van der Waals surface area contributed by atoms with E-state index in [-0.39, 0.29) is 17.1 Å². The lowest BCUT2D eigenvalue weighted by Gasteiger charge is -2.32. The first kappa shape index (κ1) is 22.3. The Bertz CT molecular complexity index is 1010. The quantitative estimate of drug-likeness (QED) is 0.360. The maximum atomic E-state index is 11.6. The summed E-state index contributed by atoms with van der Waals surface area (Å²) < 4.78 is 32.7. The van der Waals surface area contributed by atoms with Gasteiger partial charge < -0.3 is 20.2 Å². The molecule has 0 amide bonds. The number of aliphatic hydroxyl groups excluding tert-OH is 2. The van der Waals surface area contributed by atoms with E-state index >= 15 is 0 Å². The van der Waals surface area contributed by atoms with Crippen molar-refractivity contribution in [3.05, 3.63) is 47.4 Å². The highest BCUT2D eigenvalue weighted by Crippen LogP contribution is 2.49. The molecule has 1 aliphatic heterocycles. The van der Waals surface area contributed by atoms with Crippen molar-refractivity contribution in [3.8, 4) is 0 Å². The molecule has 1 aliphatic carbocycles. The molecule has 164 valence electrons. The minimum absolute atomic E-state index is 0.0850. The molecule has 1 aromatic carbocycles. The number of carboxylic acid groups (broad SMARTS) is 1. The highest BCUT2D eigenvalue weighted by molar-refractivity contribution is 7.85. The summed E-state index contributed by atoms with van der Waals surface area (Å²) in [5, 5.41) is 28.7. The summed E-state index contributed by atoms with van der Waals surface area (Å²) in [4.78, 5) is 12.5. The number of aliphatic carboxylic acids is 1. The Morgan fingerprint density at radius 3 is 2.50 bits per heavy atom. The summed E-state index contributed by atoms with van der Waals surface area (Å²) in [7, 11) is -4.36. The van der Waals surface area contributed by atoms with Crippen LogP contribution < -0.4 is 4.90 Å². The normalized spacial score (nSPS) is 23.8. The summed E-state index contributed by atoms with van der Waals surface area (Å²) >= 11 is 0. The molecule has 0 fully saturated rings. The molecule has 2 aliphatic rings. The van der Waals surface area contributed by atoms with Crippen molar-refractivity contribution < 1.29 is 33.1 Å². The monoisotopic (exact) mass is 437 g/mol. The maximum Gasteiger partial charge on any atom is 0.303 e. The second kappa shape index (κ2) is 8.05. The molecule has 8 nitrogen and oxygen atoms in total. The third kappa shape index (κ3) is 4.23. The van der Waals surface area contributed by atoms with E-state index in [2.05, 4.69) is 0 Å². The zero-order chi connectivity index (χ0) is 22.3. The minimum atomic E-state index is -4.36. The van der Waals surface area contributed by atoms with Gasteiger partial charge in [-0.15, -0.1) is 0 Å². The van der Waals surface area contributed by atoms with Crippen LogP contribution >= 0.6 is 0 Å². The first-order chi connectivity index (χ1) is 13.9. The average molecular weight is 438 g/mol. The van der Waals surface area contributed by atoms with Gasteiger partial charge in [0.2, 0.25) is 0 Å². The smallest absolute Gasteiger partial charge is 0.303 e. The highest BCUT2D eigenvalue weighted by Gasteiger charge is 2.42. The van der Waals surface area contributed by atoms with Crippen LogP contribution in [0.2, 0.25) is 0 Å². The van der Waals surface area contributed by atoms with Crippen LogP contribution in [0, 0.1) is 5.92 Å². The first-order valence-electron chi connectivity index (χ1n) is 9.85. The molecule has 2 atom stereocenters. The van der Waals surface area contributed by atoms with Crippen LogP contribution in [0.5, 0.6) is 0 Å². The summed E-state index contributed by atoms with van der Waals surface area (Å²) in [5.41, 5.74) is 1.68. The van der Waals surface area contributed by atoms with Crippen molar-refractivity contribution in [2.45, 2.75) is 55.9 Å². The number of carboxylic acids is 1. The molecular weight excluding hydrogens is 410 g/mol. The van der Waals surface area contributed by atoms with E-state index in [9.17, 15) is 28.0 Å². The van der Waals surface area contributed by atoms with Gasteiger partial charge in [0.25, 0.3) is 10.1 Å². The van der Waals surface area contributed by atoms with Gasteiger partial charge in [0, 0.05) is 29.8 Å². The van der Waals surface area contributed by atoms with Crippen LogP contribution in [0.25, 0.3) is 0 Å². The third-order valence-corrected chi connectivity index (χ3v) is 6.67. The van der Waals surface area contributed by atoms with Crippen molar-refractivity contribution in [3.63, 3.8) is 0 Å². The number of nitrogens with zero attached hydrogens (tertiary/aromatic N) is 1. The molecule has 1 heterocycles. The van der Waals surface area contributed by atoms with Crippen LogP contribution in [0.15, 0.2) is 46.7 Å². The number of carbonyl (C=O) groups is 1. The number of anilines is 1. The standard InChI is InChI=1S/C21H27NO7S/c1-21(2)15-10-13(30(27,28)29)7-8-16(15)22(9-5-3-4-6-20(25)26)19(21)11-14-17(23)12-18(14)24/h7-8,10-12,14,17,23-24H,3-6,9H2,1-2H3,(H,25,26)(H,27,28,29)/b19-11+. The summed E-state index contributed by atoms with van der Waals surface area (Å²) in [6.07, 6.45) is 4.47. The minimum Gasteiger partial charge on any atom is -0.512 e. The largest absolute Gasteiger partial charge is 0.512 e. The molecule has 1 aromatic rings. The second-order valence-corrected chi connectivity index (χ2v) is 9.72. The van der Waals surface area contributed by atoms with Gasteiger partial charge in [-0.05, 0) is 42.7 Å². The summed E-state index contributed by atoms with van der Waals surface area (Å²) in [6, 6.07) is 4.45. The van der Waals surface area contributed by atoms with Gasteiger partial charge in [0.15, 0.2) is 0 Å². The van der Waals surface area contributed by atoms with Gasteiger partial charge in [0.05, 0.1) is 16.9 Å². The predicted octanol–water partition coefficient (Wildman–Crippen LogP) is 2.99. The molecular formula is C21H27NO7S. The number of unbranched alkanes of at least 4 members (excludes halogenated alkanes) is 2. The first-order valence-corrected chi connectivity index (χ1v) is 11.3. The fraction of sp³-hybridized carbons (Fsp3) is 0.476. The molecule has 9 heteroatoms. The molecule has 0 bridgehead atoms. The Labute approximate surface area is 175 Å². The van der Waals surface area contributed by atoms with Crippen LogP contribution in [-0.4, -0.2) is 46.9 Å². The van der Waals surface area contributed by atoms with E-state index in [1.807, 2.05) is 18.7 Å². The number of hydrogen-bond acceptors (Lipinski definition) is 6. The Kier molecular flexibility index (Phi) is 5.99. The maximum absolute atomic E-state index is 11.6. The average Bonchev–Trinajstić information content (AvgIpc) is 2.85. The van der Waals surface area contributed by atoms with Gasteiger partial charge in [-0.2, -0.15) is 8.42 Å². The number of allylic oxidation sites excluding steroid dienone is 1. The summed E-state index contributed by atoms with van der Waals surface area (Å²) in [6.45, 7) is 4.41. The lowest BCUT2D eigenvalue weighted by Crippen LogP contribution is -2.33. The van der Waals surface area contributed by atoms with Gasteiger partial charge >= 0.3 is 5.97 Å². The van der Waals surface area contributed by atoms with E-state index in [4.69, 9.17) is 5.11 Å². The lowest BCUT2D eigenvalue weighted by molar-refractivity contribution is -0.137. The molecule has 0 spiro atoms. The Hall–Kier alpha value is -2.36. The van der Waals surface area contributed by atoms with Crippen LogP contribution in [0.4, 0.5) is 5.69 Å². The van der Waals surface area contributed by atoms with Gasteiger partial charge in [-0.3, -0.25) is 9.35 Å². The van der Waals surface area contributed by atoms with Crippen molar-refractivity contribution in [1.82, 2.24) is 0 Å². The van der Waals surface area contributed by atoms with Gasteiger partial charge in [-0.1, -0.05) is 26.3 Å². The van der Waals surface area contributed by atoms with Crippen molar-refractivity contribution in [2.75, 3.05) is 11.4 Å². The fourth-order valence-electron chi connectivity index (χ4n) is 4.08. The Balaban J connectivity index is 1.95. The van der Waals surface area contributed by atoms with Crippen LogP contribution in [0.3, 0.4) is 0 Å². The SMILES string of the molecule is CC1(C)/C(=C\C2C(O)=CC2O)N(CCCCCC(=O)O)c2ccc(S(=O)(=O)O)cc21. The Morgan fingerprint density at radius 1 is 1.23 bits per heavy atom. The van der Waals surface area contributed by atoms with E-state index in [1.54, 1.807) is 12.1 Å². The molecule has 2 unspecified atom stereocenters.